The lowest BCUT2D eigenvalue weighted by molar-refractivity contribution is -0.137. The van der Waals surface area contributed by atoms with Crippen molar-refractivity contribution < 1.29 is 22.8 Å². The van der Waals surface area contributed by atoms with Gasteiger partial charge in [-0.25, -0.2) is 4.98 Å². The predicted molar refractivity (Wildman–Crippen MR) is 103 cm³/mol. The topological polar surface area (TPSA) is 74.3 Å². The van der Waals surface area contributed by atoms with Gasteiger partial charge in [-0.05, 0) is 35.7 Å². The maximum atomic E-state index is 12.6. The fourth-order valence-corrected chi connectivity index (χ4v) is 3.09. The number of hydrogen-bond donors (Lipinski definition) is 2. The van der Waals surface area contributed by atoms with E-state index in [-0.39, 0.29) is 30.7 Å². The second kappa shape index (κ2) is 8.50. The summed E-state index contributed by atoms with van der Waals surface area (Å²) in [6.45, 7) is 3.24. The van der Waals surface area contributed by atoms with Crippen LogP contribution < -0.4 is 15.5 Å². The highest BCUT2D eigenvalue weighted by Gasteiger charge is 2.30. The Morgan fingerprint density at radius 1 is 1.24 bits per heavy atom. The third-order valence-corrected chi connectivity index (χ3v) is 4.69. The zero-order valence-corrected chi connectivity index (χ0v) is 15.8. The van der Waals surface area contributed by atoms with Gasteiger partial charge in [0.05, 0.1) is 24.0 Å². The average molecular weight is 406 g/mol. The number of amides is 2. The van der Waals surface area contributed by atoms with Crippen molar-refractivity contribution in [2.45, 2.75) is 25.4 Å². The molecule has 1 aromatic carbocycles. The summed E-state index contributed by atoms with van der Waals surface area (Å²) >= 11 is 0. The molecule has 1 saturated heterocycles. The second-order valence-electron chi connectivity index (χ2n) is 6.95. The van der Waals surface area contributed by atoms with Crippen molar-refractivity contribution >= 4 is 23.3 Å². The number of rotatable bonds is 5. The monoisotopic (exact) mass is 406 g/mol. The van der Waals surface area contributed by atoms with E-state index in [9.17, 15) is 22.8 Å². The Kier molecular flexibility index (Phi) is 6.05. The van der Waals surface area contributed by atoms with Gasteiger partial charge in [0.15, 0.2) is 0 Å². The van der Waals surface area contributed by atoms with Crippen LogP contribution in [-0.2, 0) is 15.8 Å². The number of carbonyl (C=O) groups is 2. The standard InChI is InChI=1S/C20H21F3N4O2/c1-13(14-2-4-15(5-3-14)20(21,22)23)10-18(28)26-16-6-7-17(25-11-16)27-9-8-24-19(29)12-27/h2-7,11,13H,8-10,12H2,1H3,(H,24,29)(H,26,28). The number of carbonyl (C=O) groups excluding carboxylic acids is 2. The number of benzene rings is 1. The molecule has 0 aliphatic carbocycles. The van der Waals surface area contributed by atoms with Gasteiger partial charge in [0.25, 0.3) is 0 Å². The zero-order chi connectivity index (χ0) is 21.0. The first kappa shape index (κ1) is 20.6. The van der Waals surface area contributed by atoms with E-state index < -0.39 is 11.7 Å². The maximum absolute atomic E-state index is 12.6. The minimum absolute atomic E-state index is 0.0623. The van der Waals surface area contributed by atoms with Crippen molar-refractivity contribution in [1.29, 1.82) is 0 Å². The Hall–Kier alpha value is -3.10. The molecule has 2 amide bonds. The van der Waals surface area contributed by atoms with Gasteiger partial charge in [0, 0.05) is 19.5 Å². The minimum atomic E-state index is -4.38. The van der Waals surface area contributed by atoms with E-state index in [0.717, 1.165) is 12.1 Å². The Bertz CT molecular complexity index is 867. The highest BCUT2D eigenvalue weighted by molar-refractivity contribution is 5.91. The number of pyridine rings is 1. The SMILES string of the molecule is CC(CC(=O)Nc1ccc(N2CCNC(=O)C2)nc1)c1ccc(C(F)(F)F)cc1. The minimum Gasteiger partial charge on any atom is -0.353 e. The molecular weight excluding hydrogens is 385 g/mol. The summed E-state index contributed by atoms with van der Waals surface area (Å²) < 4.78 is 37.9. The molecule has 3 rings (SSSR count). The molecule has 1 aliphatic heterocycles. The van der Waals surface area contributed by atoms with Crippen molar-refractivity contribution in [2.75, 3.05) is 29.9 Å². The van der Waals surface area contributed by atoms with Gasteiger partial charge in [-0.15, -0.1) is 0 Å². The Labute approximate surface area is 166 Å². The van der Waals surface area contributed by atoms with E-state index in [1.807, 2.05) is 4.90 Å². The molecule has 0 bridgehead atoms. The first-order valence-corrected chi connectivity index (χ1v) is 9.17. The van der Waals surface area contributed by atoms with Crippen LogP contribution in [0.1, 0.15) is 30.4 Å². The van der Waals surface area contributed by atoms with E-state index in [1.54, 1.807) is 19.1 Å². The van der Waals surface area contributed by atoms with Gasteiger partial charge in [-0.1, -0.05) is 19.1 Å². The number of halogens is 3. The molecule has 0 radical (unpaired) electrons. The smallest absolute Gasteiger partial charge is 0.353 e. The third-order valence-electron chi connectivity index (χ3n) is 4.69. The molecule has 2 N–H and O–H groups in total. The number of piperazine rings is 1. The first-order valence-electron chi connectivity index (χ1n) is 9.17. The fraction of sp³-hybridized carbons (Fsp3) is 0.350. The molecule has 6 nitrogen and oxygen atoms in total. The summed E-state index contributed by atoms with van der Waals surface area (Å²) in [4.78, 5) is 29.9. The fourth-order valence-electron chi connectivity index (χ4n) is 3.09. The summed E-state index contributed by atoms with van der Waals surface area (Å²) in [5.41, 5.74) is 0.458. The maximum Gasteiger partial charge on any atom is 0.416 e. The number of hydrogen-bond acceptors (Lipinski definition) is 4. The number of nitrogens with zero attached hydrogens (tertiary/aromatic N) is 2. The molecule has 1 fully saturated rings. The van der Waals surface area contributed by atoms with Gasteiger partial charge < -0.3 is 15.5 Å². The summed E-state index contributed by atoms with van der Waals surface area (Å²) in [5, 5.41) is 5.48. The molecule has 1 aromatic heterocycles. The van der Waals surface area contributed by atoms with Crippen molar-refractivity contribution in [3.05, 3.63) is 53.7 Å². The van der Waals surface area contributed by atoms with Crippen LogP contribution in [0.4, 0.5) is 24.7 Å². The van der Waals surface area contributed by atoms with Crippen molar-refractivity contribution in [1.82, 2.24) is 10.3 Å². The first-order chi connectivity index (χ1) is 13.7. The van der Waals surface area contributed by atoms with Gasteiger partial charge >= 0.3 is 6.18 Å². The van der Waals surface area contributed by atoms with Crippen LogP contribution in [0.3, 0.4) is 0 Å². The van der Waals surface area contributed by atoms with Crippen LogP contribution in [0.15, 0.2) is 42.6 Å². The molecule has 1 aliphatic rings. The lowest BCUT2D eigenvalue weighted by Crippen LogP contribution is -2.48. The lowest BCUT2D eigenvalue weighted by Gasteiger charge is -2.27. The predicted octanol–water partition coefficient (Wildman–Crippen LogP) is 3.17. The van der Waals surface area contributed by atoms with E-state index >= 15 is 0 Å². The van der Waals surface area contributed by atoms with Crippen LogP contribution in [0.25, 0.3) is 0 Å². The van der Waals surface area contributed by atoms with Crippen LogP contribution >= 0.6 is 0 Å². The van der Waals surface area contributed by atoms with E-state index in [0.29, 0.717) is 30.2 Å². The Morgan fingerprint density at radius 2 is 1.97 bits per heavy atom. The summed E-state index contributed by atoms with van der Waals surface area (Å²) in [6, 6.07) is 8.27. The number of alkyl halides is 3. The van der Waals surface area contributed by atoms with E-state index in [4.69, 9.17) is 0 Å². The van der Waals surface area contributed by atoms with Gasteiger partial charge in [0.2, 0.25) is 11.8 Å². The third kappa shape index (κ3) is 5.46. The molecule has 2 aromatic rings. The largest absolute Gasteiger partial charge is 0.416 e. The highest BCUT2D eigenvalue weighted by atomic mass is 19.4. The number of aromatic nitrogens is 1. The van der Waals surface area contributed by atoms with Crippen molar-refractivity contribution in [3.63, 3.8) is 0 Å². The van der Waals surface area contributed by atoms with Gasteiger partial charge in [-0.3, -0.25) is 9.59 Å². The summed E-state index contributed by atoms with van der Waals surface area (Å²) in [7, 11) is 0. The quantitative estimate of drug-likeness (QED) is 0.800. The summed E-state index contributed by atoms with van der Waals surface area (Å²) in [6.07, 6.45) is -2.74. The summed E-state index contributed by atoms with van der Waals surface area (Å²) in [5.74, 6) is 0.0873. The second-order valence-corrected chi connectivity index (χ2v) is 6.95. The number of nitrogens with one attached hydrogen (secondary N) is 2. The molecular formula is C20H21F3N4O2. The average Bonchev–Trinajstić information content (AvgIpc) is 2.68. The zero-order valence-electron chi connectivity index (χ0n) is 15.8. The van der Waals surface area contributed by atoms with Crippen LogP contribution in [-0.4, -0.2) is 36.4 Å². The van der Waals surface area contributed by atoms with E-state index in [2.05, 4.69) is 15.6 Å². The normalized spacial score (nSPS) is 15.6. The molecule has 1 atom stereocenters. The molecule has 9 heteroatoms. The molecule has 1 unspecified atom stereocenters. The van der Waals surface area contributed by atoms with Gasteiger partial charge in [-0.2, -0.15) is 13.2 Å². The molecule has 29 heavy (non-hydrogen) atoms. The van der Waals surface area contributed by atoms with Gasteiger partial charge in [0.1, 0.15) is 5.82 Å². The molecule has 0 spiro atoms. The van der Waals surface area contributed by atoms with Crippen LogP contribution in [0, 0.1) is 0 Å². The lowest BCUT2D eigenvalue weighted by atomic mass is 9.96. The Balaban J connectivity index is 1.55. The molecule has 154 valence electrons. The van der Waals surface area contributed by atoms with E-state index in [1.165, 1.54) is 18.3 Å². The molecule has 2 heterocycles. The molecule has 0 saturated carbocycles. The highest BCUT2D eigenvalue weighted by Crippen LogP contribution is 2.30. The number of anilines is 2. The van der Waals surface area contributed by atoms with Crippen LogP contribution in [0.2, 0.25) is 0 Å². The Morgan fingerprint density at radius 3 is 2.55 bits per heavy atom. The van der Waals surface area contributed by atoms with Crippen molar-refractivity contribution in [2.24, 2.45) is 0 Å². The van der Waals surface area contributed by atoms with Crippen molar-refractivity contribution in [3.8, 4) is 0 Å². The van der Waals surface area contributed by atoms with Crippen LogP contribution in [0.5, 0.6) is 0 Å².